The van der Waals surface area contributed by atoms with E-state index in [9.17, 15) is 9.18 Å². The lowest BCUT2D eigenvalue weighted by Crippen LogP contribution is -3.13. The number of hydrogen-bond acceptors (Lipinski definition) is 4. The van der Waals surface area contributed by atoms with Gasteiger partial charge in [0.15, 0.2) is 5.58 Å². The number of quaternary nitrogens is 1. The normalized spacial score (nSPS) is 15.1. The molecule has 0 unspecified atom stereocenters. The summed E-state index contributed by atoms with van der Waals surface area (Å²) in [4.78, 5) is 15.9. The van der Waals surface area contributed by atoms with Gasteiger partial charge < -0.3 is 19.1 Å². The molecule has 7 heteroatoms. The Labute approximate surface area is 162 Å². The number of carbonyl (C=O) groups excluding carboxylic acids is 1. The predicted octanol–water partition coefficient (Wildman–Crippen LogP) is 1.45. The number of benzene rings is 2. The summed E-state index contributed by atoms with van der Waals surface area (Å²) < 4.78 is 24.2. The zero-order valence-corrected chi connectivity index (χ0v) is 15.8. The van der Waals surface area contributed by atoms with E-state index < -0.39 is 0 Å². The first kappa shape index (κ1) is 18.4. The van der Waals surface area contributed by atoms with Gasteiger partial charge in [0.1, 0.15) is 23.8 Å². The fourth-order valence-corrected chi connectivity index (χ4v) is 3.72. The lowest BCUT2D eigenvalue weighted by atomic mass is 10.1. The molecular weight excluding hydrogens is 361 g/mol. The third-order valence-electron chi connectivity index (χ3n) is 5.28. The smallest absolute Gasteiger partial charge is 0.229 e. The van der Waals surface area contributed by atoms with Gasteiger partial charge in [-0.15, -0.1) is 0 Å². The number of aromatic nitrogens is 1. The van der Waals surface area contributed by atoms with Crippen LogP contribution in [0.4, 0.5) is 4.39 Å². The monoisotopic (exact) mass is 384 g/mol. The van der Waals surface area contributed by atoms with Gasteiger partial charge in [0, 0.05) is 5.39 Å². The van der Waals surface area contributed by atoms with Crippen molar-refractivity contribution in [3.8, 4) is 5.75 Å². The van der Waals surface area contributed by atoms with Gasteiger partial charge in [-0.25, -0.2) is 4.39 Å². The van der Waals surface area contributed by atoms with Gasteiger partial charge in [-0.1, -0.05) is 17.3 Å². The van der Waals surface area contributed by atoms with Crippen molar-refractivity contribution >= 4 is 16.9 Å². The summed E-state index contributed by atoms with van der Waals surface area (Å²) in [6, 6.07) is 12.2. The van der Waals surface area contributed by atoms with E-state index in [2.05, 4.69) is 5.16 Å². The maximum atomic E-state index is 13.6. The molecule has 0 spiro atoms. The minimum Gasteiger partial charge on any atom is -0.496 e. The Morgan fingerprint density at radius 2 is 2.04 bits per heavy atom. The van der Waals surface area contributed by atoms with Gasteiger partial charge >= 0.3 is 0 Å². The van der Waals surface area contributed by atoms with E-state index in [1.807, 2.05) is 29.2 Å². The predicted molar refractivity (Wildman–Crippen MR) is 102 cm³/mol. The number of nitrogens with zero attached hydrogens (tertiary/aromatic N) is 2. The third-order valence-corrected chi connectivity index (χ3v) is 5.28. The van der Waals surface area contributed by atoms with Crippen molar-refractivity contribution in [3.63, 3.8) is 0 Å². The number of fused-ring (bicyclic) bond motifs is 1. The molecule has 1 amide bonds. The van der Waals surface area contributed by atoms with Gasteiger partial charge in [0.05, 0.1) is 45.3 Å². The van der Waals surface area contributed by atoms with Crippen LogP contribution in [-0.4, -0.2) is 49.3 Å². The molecule has 28 heavy (non-hydrogen) atoms. The Hall–Kier alpha value is -2.93. The maximum absolute atomic E-state index is 13.6. The van der Waals surface area contributed by atoms with Crippen LogP contribution >= 0.6 is 0 Å². The maximum Gasteiger partial charge on any atom is 0.229 e. The first-order valence-corrected chi connectivity index (χ1v) is 9.41. The molecule has 0 aliphatic carbocycles. The Balaban J connectivity index is 1.35. The quantitative estimate of drug-likeness (QED) is 0.723. The van der Waals surface area contributed by atoms with E-state index in [-0.39, 0.29) is 18.1 Å². The van der Waals surface area contributed by atoms with Crippen LogP contribution in [-0.2, 0) is 17.8 Å². The average Bonchev–Trinajstić information content (AvgIpc) is 3.12. The highest BCUT2D eigenvalue weighted by Gasteiger charge is 2.25. The van der Waals surface area contributed by atoms with Crippen LogP contribution in [0.2, 0.25) is 0 Å². The molecule has 1 aromatic heterocycles. The van der Waals surface area contributed by atoms with Crippen LogP contribution in [0.15, 0.2) is 47.0 Å². The Kier molecular flexibility index (Phi) is 5.25. The molecule has 1 N–H and O–H groups in total. The number of methoxy groups -OCH3 is 1. The number of para-hydroxylation sites is 1. The second kappa shape index (κ2) is 7.98. The largest absolute Gasteiger partial charge is 0.496 e. The summed E-state index contributed by atoms with van der Waals surface area (Å²) in [6.07, 6.45) is 0.240. The van der Waals surface area contributed by atoms with Gasteiger partial charge in [0.2, 0.25) is 5.91 Å². The van der Waals surface area contributed by atoms with Gasteiger partial charge in [-0.2, -0.15) is 0 Å². The molecule has 0 saturated carbocycles. The first-order valence-electron chi connectivity index (χ1n) is 9.41. The van der Waals surface area contributed by atoms with Gasteiger partial charge in [-0.3, -0.25) is 4.79 Å². The summed E-state index contributed by atoms with van der Waals surface area (Å²) in [7, 11) is 1.59. The van der Waals surface area contributed by atoms with E-state index in [0.29, 0.717) is 36.7 Å². The average molecular weight is 384 g/mol. The molecule has 6 nitrogen and oxygen atoms in total. The Bertz CT molecular complexity index is 980. The summed E-state index contributed by atoms with van der Waals surface area (Å²) in [6.45, 7) is 3.63. The summed E-state index contributed by atoms with van der Waals surface area (Å²) in [5.41, 5.74) is 2.23. The van der Waals surface area contributed by atoms with Gasteiger partial charge in [0.25, 0.3) is 0 Å². The molecule has 1 aliphatic heterocycles. The second-order valence-corrected chi connectivity index (χ2v) is 7.07. The van der Waals surface area contributed by atoms with Crippen LogP contribution in [0.5, 0.6) is 5.75 Å². The van der Waals surface area contributed by atoms with Crippen molar-refractivity contribution in [1.82, 2.24) is 10.1 Å². The molecule has 1 fully saturated rings. The summed E-state index contributed by atoms with van der Waals surface area (Å²) in [5.74, 6) is 0.496. The first-order chi connectivity index (χ1) is 13.6. The van der Waals surface area contributed by atoms with Crippen LogP contribution in [0.1, 0.15) is 11.3 Å². The third kappa shape index (κ3) is 3.84. The molecule has 0 bridgehead atoms. The SMILES string of the molecule is COc1ccc(F)cc1C[NH+]1CCN(C(=O)Cc2noc3ccccc23)CC1. The standard InChI is InChI=1S/C21H22FN3O3/c1-27-19-7-6-16(22)12-15(19)14-24-8-10-25(11-9-24)21(26)13-18-17-4-2-3-5-20(17)28-23-18/h2-7,12H,8-11,13-14H2,1H3/p+1. The molecule has 4 rings (SSSR count). The summed E-state index contributed by atoms with van der Waals surface area (Å²) >= 11 is 0. The summed E-state index contributed by atoms with van der Waals surface area (Å²) in [5, 5.41) is 4.94. The van der Waals surface area contributed by atoms with E-state index >= 15 is 0 Å². The Morgan fingerprint density at radius 3 is 2.82 bits per heavy atom. The van der Waals surface area contributed by atoms with Crippen molar-refractivity contribution in [3.05, 3.63) is 59.5 Å². The van der Waals surface area contributed by atoms with E-state index in [0.717, 1.165) is 24.0 Å². The van der Waals surface area contributed by atoms with Crippen molar-refractivity contribution in [2.24, 2.45) is 0 Å². The topological polar surface area (TPSA) is 60.0 Å². The zero-order valence-electron chi connectivity index (χ0n) is 15.8. The number of halogens is 1. The van der Waals surface area contributed by atoms with Gasteiger partial charge in [-0.05, 0) is 30.3 Å². The fraction of sp³-hybridized carbons (Fsp3) is 0.333. The number of carbonyl (C=O) groups is 1. The van der Waals surface area contributed by atoms with Crippen LogP contribution in [0.25, 0.3) is 11.0 Å². The molecule has 2 heterocycles. The number of nitrogens with one attached hydrogen (secondary N) is 1. The minimum absolute atomic E-state index is 0.0569. The molecule has 0 radical (unpaired) electrons. The molecule has 146 valence electrons. The number of piperazine rings is 1. The number of hydrogen-bond donors (Lipinski definition) is 1. The van der Waals surface area contributed by atoms with Crippen molar-refractivity contribution in [2.75, 3.05) is 33.3 Å². The van der Waals surface area contributed by atoms with Crippen molar-refractivity contribution < 1.29 is 23.3 Å². The molecule has 0 atom stereocenters. The van der Waals surface area contributed by atoms with E-state index in [4.69, 9.17) is 9.26 Å². The molecule has 2 aromatic carbocycles. The van der Waals surface area contributed by atoms with Crippen molar-refractivity contribution in [1.29, 1.82) is 0 Å². The van der Waals surface area contributed by atoms with E-state index in [1.54, 1.807) is 13.2 Å². The van der Waals surface area contributed by atoms with Crippen LogP contribution in [0, 0.1) is 5.82 Å². The lowest BCUT2D eigenvalue weighted by Gasteiger charge is -2.32. The number of amides is 1. The van der Waals surface area contributed by atoms with E-state index in [1.165, 1.54) is 17.0 Å². The Morgan fingerprint density at radius 1 is 1.25 bits per heavy atom. The minimum atomic E-state index is -0.260. The zero-order chi connectivity index (χ0) is 19.5. The second-order valence-electron chi connectivity index (χ2n) is 7.07. The van der Waals surface area contributed by atoms with Crippen molar-refractivity contribution in [2.45, 2.75) is 13.0 Å². The number of ether oxygens (including phenoxy) is 1. The molecule has 3 aromatic rings. The van der Waals surface area contributed by atoms with Crippen LogP contribution in [0.3, 0.4) is 0 Å². The fourth-order valence-electron chi connectivity index (χ4n) is 3.72. The highest BCUT2D eigenvalue weighted by atomic mass is 19.1. The number of rotatable bonds is 5. The molecular formula is C21H23FN3O3+. The molecule has 1 aliphatic rings. The molecule has 1 saturated heterocycles. The highest BCUT2D eigenvalue weighted by Crippen LogP contribution is 2.19. The highest BCUT2D eigenvalue weighted by molar-refractivity contribution is 5.86. The van der Waals surface area contributed by atoms with Crippen LogP contribution < -0.4 is 9.64 Å². The lowest BCUT2D eigenvalue weighted by molar-refractivity contribution is -0.917.